The minimum atomic E-state index is -1.11. The van der Waals surface area contributed by atoms with E-state index in [-0.39, 0.29) is 12.1 Å². The number of non-ortho nitro benzene ring substituents is 1. The number of carboxylic acids is 1. The van der Waals surface area contributed by atoms with E-state index in [1.54, 1.807) is 0 Å². The Kier molecular flexibility index (Phi) is 4.02. The SMILES string of the molecule is [N-]=[N+]=N[C@H](CC(=O)O)c1ccc([N+](=O)[O-])cc1. The number of nitrogens with zero attached hydrogens (tertiary/aromatic N) is 4. The first-order chi connectivity index (χ1) is 8.04. The summed E-state index contributed by atoms with van der Waals surface area (Å²) >= 11 is 0. The Hall–Kier alpha value is -2.60. The second-order valence-corrected chi connectivity index (χ2v) is 3.17. The first kappa shape index (κ1) is 12.5. The smallest absolute Gasteiger partial charge is 0.304 e. The minimum absolute atomic E-state index is 0.108. The van der Waals surface area contributed by atoms with Gasteiger partial charge in [0.05, 0.1) is 17.4 Å². The maximum Gasteiger partial charge on any atom is 0.304 e. The van der Waals surface area contributed by atoms with Crippen LogP contribution in [0.25, 0.3) is 10.4 Å². The molecular weight excluding hydrogens is 228 g/mol. The molecule has 0 radical (unpaired) electrons. The number of hydrogen-bond donors (Lipinski definition) is 1. The van der Waals surface area contributed by atoms with Gasteiger partial charge in [-0.25, -0.2) is 0 Å². The Morgan fingerprint density at radius 1 is 1.53 bits per heavy atom. The van der Waals surface area contributed by atoms with Gasteiger partial charge in [0, 0.05) is 17.0 Å². The third kappa shape index (κ3) is 3.47. The molecule has 1 atom stereocenters. The molecule has 1 aromatic rings. The van der Waals surface area contributed by atoms with E-state index in [1.807, 2.05) is 0 Å². The molecule has 0 aliphatic rings. The van der Waals surface area contributed by atoms with Crippen molar-refractivity contribution in [2.75, 3.05) is 0 Å². The van der Waals surface area contributed by atoms with E-state index in [2.05, 4.69) is 10.0 Å². The van der Waals surface area contributed by atoms with Crippen LogP contribution in [0.1, 0.15) is 18.0 Å². The molecule has 0 aliphatic carbocycles. The van der Waals surface area contributed by atoms with Gasteiger partial charge in [-0.15, -0.1) is 0 Å². The van der Waals surface area contributed by atoms with Crippen LogP contribution in [0.5, 0.6) is 0 Å². The number of azide groups is 1. The topological polar surface area (TPSA) is 129 Å². The number of nitro benzene ring substituents is 1. The van der Waals surface area contributed by atoms with E-state index < -0.39 is 16.9 Å². The maximum atomic E-state index is 10.5. The second-order valence-electron chi connectivity index (χ2n) is 3.17. The molecule has 0 heterocycles. The van der Waals surface area contributed by atoms with Crippen LogP contribution < -0.4 is 0 Å². The number of rotatable bonds is 5. The molecule has 0 saturated heterocycles. The van der Waals surface area contributed by atoms with E-state index in [4.69, 9.17) is 10.6 Å². The monoisotopic (exact) mass is 236 g/mol. The standard InChI is InChI=1S/C9H8N4O4/c10-12-11-8(5-9(14)15)6-1-3-7(4-2-6)13(16)17/h1-4,8H,5H2,(H,14,15)/t8-/m1/s1. The van der Waals surface area contributed by atoms with Gasteiger partial charge in [0.1, 0.15) is 0 Å². The highest BCUT2D eigenvalue weighted by Gasteiger charge is 2.15. The molecule has 1 aromatic carbocycles. The van der Waals surface area contributed by atoms with Crippen molar-refractivity contribution < 1.29 is 14.8 Å². The molecule has 0 aliphatic heterocycles. The fraction of sp³-hybridized carbons (Fsp3) is 0.222. The van der Waals surface area contributed by atoms with Crippen molar-refractivity contribution in [3.05, 3.63) is 50.4 Å². The highest BCUT2D eigenvalue weighted by molar-refractivity contribution is 5.68. The van der Waals surface area contributed by atoms with Crippen molar-refractivity contribution in [3.8, 4) is 0 Å². The van der Waals surface area contributed by atoms with Gasteiger partial charge in [-0.1, -0.05) is 17.2 Å². The molecule has 17 heavy (non-hydrogen) atoms. The number of carboxylic acid groups (broad SMARTS) is 1. The highest BCUT2D eigenvalue weighted by atomic mass is 16.6. The van der Waals surface area contributed by atoms with Crippen molar-refractivity contribution in [3.63, 3.8) is 0 Å². The van der Waals surface area contributed by atoms with Crippen LogP contribution in [-0.2, 0) is 4.79 Å². The molecule has 0 saturated carbocycles. The Balaban J connectivity index is 2.98. The predicted molar refractivity (Wildman–Crippen MR) is 57.2 cm³/mol. The molecule has 8 nitrogen and oxygen atoms in total. The van der Waals surface area contributed by atoms with Crippen LogP contribution in [0.15, 0.2) is 29.4 Å². The van der Waals surface area contributed by atoms with E-state index >= 15 is 0 Å². The lowest BCUT2D eigenvalue weighted by molar-refractivity contribution is -0.384. The molecule has 1 rings (SSSR count). The second kappa shape index (κ2) is 5.47. The van der Waals surface area contributed by atoms with Crippen LogP contribution in [0.4, 0.5) is 5.69 Å². The molecule has 88 valence electrons. The molecule has 0 amide bonds. The Morgan fingerprint density at radius 2 is 2.12 bits per heavy atom. The molecule has 0 aromatic heterocycles. The summed E-state index contributed by atoms with van der Waals surface area (Å²) < 4.78 is 0. The average molecular weight is 236 g/mol. The number of aliphatic carboxylic acids is 1. The fourth-order valence-electron chi connectivity index (χ4n) is 1.27. The zero-order valence-electron chi connectivity index (χ0n) is 8.55. The molecule has 0 bridgehead atoms. The molecule has 0 unspecified atom stereocenters. The summed E-state index contributed by atoms with van der Waals surface area (Å²) in [5.74, 6) is -1.11. The zero-order valence-corrected chi connectivity index (χ0v) is 8.55. The van der Waals surface area contributed by atoms with Crippen LogP contribution in [0, 0.1) is 10.1 Å². The van der Waals surface area contributed by atoms with Crippen molar-refractivity contribution in [1.29, 1.82) is 0 Å². The van der Waals surface area contributed by atoms with E-state index in [9.17, 15) is 14.9 Å². The van der Waals surface area contributed by atoms with Gasteiger partial charge in [-0.3, -0.25) is 14.9 Å². The third-order valence-corrected chi connectivity index (χ3v) is 2.05. The first-order valence-corrected chi connectivity index (χ1v) is 4.55. The van der Waals surface area contributed by atoms with E-state index in [0.717, 1.165) is 0 Å². The summed E-state index contributed by atoms with van der Waals surface area (Å²) in [5.41, 5.74) is 8.63. The van der Waals surface area contributed by atoms with Crippen molar-refractivity contribution in [1.82, 2.24) is 0 Å². The summed E-state index contributed by atoms with van der Waals surface area (Å²) in [6.45, 7) is 0. The molecule has 0 spiro atoms. The van der Waals surface area contributed by atoms with E-state index in [0.29, 0.717) is 5.56 Å². The van der Waals surface area contributed by atoms with Gasteiger partial charge >= 0.3 is 5.97 Å². The van der Waals surface area contributed by atoms with Gasteiger partial charge < -0.3 is 5.11 Å². The quantitative estimate of drug-likeness (QED) is 0.276. The highest BCUT2D eigenvalue weighted by Crippen LogP contribution is 2.23. The fourth-order valence-corrected chi connectivity index (χ4v) is 1.27. The summed E-state index contributed by atoms with van der Waals surface area (Å²) in [6, 6.07) is 4.35. The lowest BCUT2D eigenvalue weighted by atomic mass is 10.0. The Morgan fingerprint density at radius 3 is 2.53 bits per heavy atom. The molecule has 1 N–H and O–H groups in total. The molecule has 0 fully saturated rings. The number of benzene rings is 1. The number of carbonyl (C=O) groups is 1. The first-order valence-electron chi connectivity index (χ1n) is 4.55. The molecule has 8 heteroatoms. The average Bonchev–Trinajstić information content (AvgIpc) is 2.28. The zero-order chi connectivity index (χ0) is 12.8. The van der Waals surface area contributed by atoms with Gasteiger partial charge in [-0.05, 0) is 11.1 Å². The van der Waals surface area contributed by atoms with Crippen LogP contribution in [0.2, 0.25) is 0 Å². The number of hydrogen-bond acceptors (Lipinski definition) is 4. The van der Waals surface area contributed by atoms with Gasteiger partial charge in [-0.2, -0.15) is 0 Å². The lowest BCUT2D eigenvalue weighted by Crippen LogP contribution is -2.03. The Bertz CT molecular complexity index is 478. The van der Waals surface area contributed by atoms with Crippen molar-refractivity contribution >= 4 is 11.7 Å². The summed E-state index contributed by atoms with van der Waals surface area (Å²) in [6.07, 6.45) is -0.359. The van der Waals surface area contributed by atoms with Crippen molar-refractivity contribution in [2.45, 2.75) is 12.5 Å². The van der Waals surface area contributed by atoms with Crippen LogP contribution in [-0.4, -0.2) is 16.0 Å². The lowest BCUT2D eigenvalue weighted by Gasteiger charge is -2.07. The summed E-state index contributed by atoms with van der Waals surface area (Å²) in [5, 5.41) is 22.4. The summed E-state index contributed by atoms with van der Waals surface area (Å²) in [7, 11) is 0. The molecular formula is C9H8N4O4. The van der Waals surface area contributed by atoms with E-state index in [1.165, 1.54) is 24.3 Å². The van der Waals surface area contributed by atoms with Gasteiger partial charge in [0.2, 0.25) is 0 Å². The van der Waals surface area contributed by atoms with Gasteiger partial charge in [0.15, 0.2) is 0 Å². The largest absolute Gasteiger partial charge is 0.481 e. The van der Waals surface area contributed by atoms with Gasteiger partial charge in [0.25, 0.3) is 5.69 Å². The van der Waals surface area contributed by atoms with Crippen molar-refractivity contribution in [2.24, 2.45) is 5.11 Å². The Labute approximate surface area is 95.3 Å². The van der Waals surface area contributed by atoms with Crippen LogP contribution in [0.3, 0.4) is 0 Å². The predicted octanol–water partition coefficient (Wildman–Crippen LogP) is 2.42. The van der Waals surface area contributed by atoms with Crippen LogP contribution >= 0.6 is 0 Å². The normalized spacial score (nSPS) is 11.3. The summed E-state index contributed by atoms with van der Waals surface area (Å²) in [4.78, 5) is 22.9. The minimum Gasteiger partial charge on any atom is -0.481 e. The maximum absolute atomic E-state index is 10.5. The number of nitro groups is 1. The third-order valence-electron chi connectivity index (χ3n) is 2.05.